The number of para-hydroxylation sites is 1. The lowest BCUT2D eigenvalue weighted by Crippen LogP contribution is -2.36. The normalized spacial score (nSPS) is 14.2. The van der Waals surface area contributed by atoms with Gasteiger partial charge in [-0.25, -0.2) is 9.78 Å². The third kappa shape index (κ3) is 4.73. The van der Waals surface area contributed by atoms with Gasteiger partial charge in [-0.1, -0.05) is 37.5 Å². The van der Waals surface area contributed by atoms with Gasteiger partial charge in [-0.3, -0.25) is 9.59 Å². The number of pyridine rings is 1. The van der Waals surface area contributed by atoms with Crippen molar-refractivity contribution in [3.05, 3.63) is 59.4 Å². The van der Waals surface area contributed by atoms with E-state index in [1.165, 1.54) is 19.6 Å². The summed E-state index contributed by atoms with van der Waals surface area (Å²) < 4.78 is 4.73. The second-order valence-electron chi connectivity index (χ2n) is 6.71. The quantitative estimate of drug-likeness (QED) is 0.775. The van der Waals surface area contributed by atoms with Crippen molar-refractivity contribution in [2.75, 3.05) is 12.4 Å². The largest absolute Gasteiger partial charge is 0.465 e. The van der Waals surface area contributed by atoms with Gasteiger partial charge >= 0.3 is 5.97 Å². The maximum absolute atomic E-state index is 12.6. The molecule has 0 radical (unpaired) electrons. The van der Waals surface area contributed by atoms with Gasteiger partial charge in [0.05, 0.1) is 18.4 Å². The summed E-state index contributed by atoms with van der Waals surface area (Å²) in [5.74, 6) is -1.34. The number of methoxy groups -OCH3 is 1. The Morgan fingerprint density at radius 1 is 0.929 bits per heavy atom. The van der Waals surface area contributed by atoms with E-state index in [4.69, 9.17) is 4.74 Å². The lowest BCUT2D eigenvalue weighted by Gasteiger charge is -2.22. The number of amides is 2. The van der Waals surface area contributed by atoms with E-state index in [1.807, 2.05) is 0 Å². The Labute approximate surface area is 163 Å². The Balaban J connectivity index is 1.72. The van der Waals surface area contributed by atoms with Crippen LogP contribution in [0, 0.1) is 0 Å². The molecule has 0 unspecified atom stereocenters. The summed E-state index contributed by atoms with van der Waals surface area (Å²) in [5, 5.41) is 5.64. The highest BCUT2D eigenvalue weighted by Crippen LogP contribution is 2.18. The van der Waals surface area contributed by atoms with Gasteiger partial charge in [0.2, 0.25) is 0 Å². The summed E-state index contributed by atoms with van der Waals surface area (Å²) in [7, 11) is 1.27. The lowest BCUT2D eigenvalue weighted by molar-refractivity contribution is 0.0601. The van der Waals surface area contributed by atoms with Gasteiger partial charge in [0.25, 0.3) is 11.8 Å². The van der Waals surface area contributed by atoms with E-state index in [0.717, 1.165) is 25.7 Å². The zero-order chi connectivity index (χ0) is 19.9. The van der Waals surface area contributed by atoms with E-state index in [9.17, 15) is 14.4 Å². The predicted octanol–water partition coefficient (Wildman–Crippen LogP) is 3.18. The molecular weight excluding hydrogens is 358 g/mol. The molecular formula is C21H23N3O4. The van der Waals surface area contributed by atoms with Crippen LogP contribution in [0.25, 0.3) is 0 Å². The highest BCUT2D eigenvalue weighted by atomic mass is 16.5. The van der Waals surface area contributed by atoms with Gasteiger partial charge in [0.15, 0.2) is 0 Å². The molecule has 1 heterocycles. The molecule has 0 atom stereocenters. The summed E-state index contributed by atoms with van der Waals surface area (Å²) in [5.41, 5.74) is 0.846. The third-order valence-electron chi connectivity index (χ3n) is 4.74. The first-order valence-corrected chi connectivity index (χ1v) is 9.35. The molecule has 1 aliphatic rings. The second-order valence-corrected chi connectivity index (χ2v) is 6.71. The molecule has 7 heteroatoms. The molecule has 1 aromatic heterocycles. The van der Waals surface area contributed by atoms with Crippen LogP contribution in [0.15, 0.2) is 42.5 Å². The molecule has 0 spiro atoms. The van der Waals surface area contributed by atoms with Crippen molar-refractivity contribution in [2.24, 2.45) is 0 Å². The maximum Gasteiger partial charge on any atom is 0.339 e. The smallest absolute Gasteiger partial charge is 0.339 e. The molecule has 2 aromatic rings. The Bertz CT molecular complexity index is 875. The average molecular weight is 381 g/mol. The minimum atomic E-state index is -0.551. The molecule has 1 fully saturated rings. The van der Waals surface area contributed by atoms with Crippen molar-refractivity contribution in [2.45, 2.75) is 38.1 Å². The molecule has 0 saturated heterocycles. The number of aromatic nitrogens is 1. The minimum absolute atomic E-state index is 0.0935. The first-order chi connectivity index (χ1) is 13.6. The molecule has 0 bridgehead atoms. The number of ether oxygens (including phenoxy) is 1. The minimum Gasteiger partial charge on any atom is -0.465 e. The third-order valence-corrected chi connectivity index (χ3v) is 4.74. The van der Waals surface area contributed by atoms with Crippen LogP contribution in [0.4, 0.5) is 5.69 Å². The summed E-state index contributed by atoms with van der Waals surface area (Å²) in [6, 6.07) is 11.4. The Morgan fingerprint density at radius 3 is 2.32 bits per heavy atom. The standard InChI is InChI=1S/C21H23N3O4/c1-28-21(27)15-10-5-6-11-16(15)24-20(26)18-13-7-12-17(23-18)19(25)22-14-8-3-2-4-9-14/h5-7,10-14H,2-4,8-9H2,1H3,(H,22,25)(H,24,26). The summed E-state index contributed by atoms with van der Waals surface area (Å²) >= 11 is 0. The van der Waals surface area contributed by atoms with E-state index in [1.54, 1.807) is 36.4 Å². The van der Waals surface area contributed by atoms with Crippen LogP contribution in [0.1, 0.15) is 63.4 Å². The first-order valence-electron chi connectivity index (χ1n) is 9.35. The molecule has 0 aliphatic heterocycles. The molecule has 1 aliphatic carbocycles. The summed E-state index contributed by atoms with van der Waals surface area (Å²) in [6.45, 7) is 0. The molecule has 7 nitrogen and oxygen atoms in total. The Morgan fingerprint density at radius 2 is 1.61 bits per heavy atom. The van der Waals surface area contributed by atoms with Crippen molar-refractivity contribution in [3.8, 4) is 0 Å². The van der Waals surface area contributed by atoms with Gasteiger partial charge in [-0.05, 0) is 37.1 Å². The van der Waals surface area contributed by atoms with Gasteiger partial charge < -0.3 is 15.4 Å². The zero-order valence-corrected chi connectivity index (χ0v) is 15.7. The second kappa shape index (κ2) is 9.12. The van der Waals surface area contributed by atoms with Crippen LogP contribution in [0.3, 0.4) is 0 Å². The Hall–Kier alpha value is -3.22. The fraction of sp³-hybridized carbons (Fsp3) is 0.333. The van der Waals surface area contributed by atoms with Gasteiger partial charge in [0.1, 0.15) is 11.4 Å². The van der Waals surface area contributed by atoms with Crippen molar-refractivity contribution in [3.63, 3.8) is 0 Å². The van der Waals surface area contributed by atoms with Crippen molar-refractivity contribution >= 4 is 23.5 Å². The SMILES string of the molecule is COC(=O)c1ccccc1NC(=O)c1cccc(C(=O)NC2CCCCC2)n1. The van der Waals surface area contributed by atoms with E-state index in [0.29, 0.717) is 5.69 Å². The number of nitrogens with one attached hydrogen (secondary N) is 2. The fourth-order valence-electron chi connectivity index (χ4n) is 3.26. The first kappa shape index (κ1) is 19.5. The zero-order valence-electron chi connectivity index (χ0n) is 15.7. The highest BCUT2D eigenvalue weighted by molar-refractivity contribution is 6.07. The average Bonchev–Trinajstić information content (AvgIpc) is 2.74. The monoisotopic (exact) mass is 381 g/mol. The van der Waals surface area contributed by atoms with Crippen molar-refractivity contribution in [1.82, 2.24) is 10.3 Å². The number of benzene rings is 1. The van der Waals surface area contributed by atoms with Crippen molar-refractivity contribution in [1.29, 1.82) is 0 Å². The number of rotatable bonds is 5. The summed E-state index contributed by atoms with van der Waals surface area (Å²) in [4.78, 5) is 41.1. The van der Waals surface area contributed by atoms with Gasteiger partial charge in [-0.15, -0.1) is 0 Å². The van der Waals surface area contributed by atoms with E-state index >= 15 is 0 Å². The number of nitrogens with zero attached hydrogens (tertiary/aromatic N) is 1. The van der Waals surface area contributed by atoms with Crippen LogP contribution in [-0.4, -0.2) is 35.9 Å². The lowest BCUT2D eigenvalue weighted by atomic mass is 9.95. The van der Waals surface area contributed by atoms with E-state index < -0.39 is 11.9 Å². The van der Waals surface area contributed by atoms with Crippen LogP contribution in [0.2, 0.25) is 0 Å². The van der Waals surface area contributed by atoms with Gasteiger partial charge in [-0.2, -0.15) is 0 Å². The van der Waals surface area contributed by atoms with E-state index in [-0.39, 0.29) is 28.9 Å². The van der Waals surface area contributed by atoms with Crippen LogP contribution in [-0.2, 0) is 4.74 Å². The van der Waals surface area contributed by atoms with E-state index in [2.05, 4.69) is 15.6 Å². The van der Waals surface area contributed by atoms with Crippen LogP contribution >= 0.6 is 0 Å². The maximum atomic E-state index is 12.6. The number of carbonyl (C=O) groups excluding carboxylic acids is 3. The fourth-order valence-corrected chi connectivity index (χ4v) is 3.26. The highest BCUT2D eigenvalue weighted by Gasteiger charge is 2.19. The Kier molecular flexibility index (Phi) is 6.37. The van der Waals surface area contributed by atoms with Gasteiger partial charge in [0, 0.05) is 6.04 Å². The molecule has 3 rings (SSSR count). The number of carbonyl (C=O) groups is 3. The molecule has 28 heavy (non-hydrogen) atoms. The molecule has 1 saturated carbocycles. The van der Waals surface area contributed by atoms with Crippen LogP contribution in [0.5, 0.6) is 0 Å². The van der Waals surface area contributed by atoms with Crippen molar-refractivity contribution < 1.29 is 19.1 Å². The molecule has 1 aromatic carbocycles. The topological polar surface area (TPSA) is 97.4 Å². The predicted molar refractivity (Wildman–Crippen MR) is 104 cm³/mol. The summed E-state index contributed by atoms with van der Waals surface area (Å²) in [6.07, 6.45) is 5.36. The number of anilines is 1. The molecule has 146 valence electrons. The molecule has 2 amide bonds. The molecule has 2 N–H and O–H groups in total. The van der Waals surface area contributed by atoms with Crippen LogP contribution < -0.4 is 10.6 Å². The number of esters is 1. The number of hydrogen-bond acceptors (Lipinski definition) is 5. The number of hydrogen-bond donors (Lipinski definition) is 2.